The van der Waals surface area contributed by atoms with Gasteiger partial charge in [0, 0.05) is 0 Å². The molecular weight excluding hydrogens is 204 g/mol. The molecule has 4 fully saturated rings. The Morgan fingerprint density at radius 3 is 2.00 bits per heavy atom. The summed E-state index contributed by atoms with van der Waals surface area (Å²) in [6.07, 6.45) is 11.0. The highest BCUT2D eigenvalue weighted by Gasteiger charge is 2.56. The van der Waals surface area contributed by atoms with E-state index in [1.54, 1.807) is 38.5 Å². The van der Waals surface area contributed by atoms with Crippen molar-refractivity contribution in [3.05, 3.63) is 0 Å². The van der Waals surface area contributed by atoms with Crippen LogP contribution in [0.25, 0.3) is 0 Å². The lowest BCUT2D eigenvalue weighted by Crippen LogP contribution is -2.35. The minimum atomic E-state index is 1.08. The number of hydrogen-bond acceptors (Lipinski definition) is 0. The third kappa shape index (κ3) is 1.36. The first kappa shape index (κ1) is 10.9. The molecule has 0 unspecified atom stereocenters. The normalized spacial score (nSPS) is 60.4. The molecule has 0 heteroatoms. The zero-order valence-electron chi connectivity index (χ0n) is 11.6. The number of rotatable bonds is 2. The summed E-state index contributed by atoms with van der Waals surface area (Å²) in [6, 6.07) is 0. The summed E-state index contributed by atoms with van der Waals surface area (Å²) < 4.78 is 0. The molecule has 17 heavy (non-hydrogen) atoms. The minimum absolute atomic E-state index is 1.08. The van der Waals surface area contributed by atoms with Gasteiger partial charge in [0.15, 0.2) is 0 Å². The van der Waals surface area contributed by atoms with Crippen molar-refractivity contribution >= 4 is 0 Å². The Hall–Kier alpha value is 0. The van der Waals surface area contributed by atoms with Crippen LogP contribution in [0.3, 0.4) is 0 Å². The van der Waals surface area contributed by atoms with Gasteiger partial charge in [0.1, 0.15) is 0 Å². The monoisotopic (exact) mass is 232 g/mol. The van der Waals surface area contributed by atoms with E-state index in [0.717, 1.165) is 47.3 Å². The molecule has 0 aliphatic heterocycles. The fraction of sp³-hybridized carbons (Fsp3) is 1.00. The Balaban J connectivity index is 1.62. The van der Waals surface area contributed by atoms with Gasteiger partial charge in [-0.1, -0.05) is 20.3 Å². The standard InChI is InChI=1S/C17H28/c1-3-15-12-5-7-14(9-12)17(15)16-10(2)11-4-6-13(16)8-11/h10-17H,3-9H2,1-2H3/t10-,11+,12+,13+,14-,15+,16-,17-/m0/s1. The molecule has 8 atom stereocenters. The van der Waals surface area contributed by atoms with Crippen molar-refractivity contribution in [2.75, 3.05) is 0 Å². The van der Waals surface area contributed by atoms with Crippen molar-refractivity contribution in [2.45, 2.75) is 58.8 Å². The highest BCUT2D eigenvalue weighted by molar-refractivity contribution is 5.05. The Morgan fingerprint density at radius 2 is 1.35 bits per heavy atom. The topological polar surface area (TPSA) is 0 Å². The molecule has 0 heterocycles. The van der Waals surface area contributed by atoms with Crippen molar-refractivity contribution in [1.82, 2.24) is 0 Å². The van der Waals surface area contributed by atoms with Crippen LogP contribution in [0, 0.1) is 47.3 Å². The van der Waals surface area contributed by atoms with Crippen molar-refractivity contribution < 1.29 is 0 Å². The van der Waals surface area contributed by atoms with Gasteiger partial charge < -0.3 is 0 Å². The molecule has 4 aliphatic carbocycles. The van der Waals surface area contributed by atoms with E-state index >= 15 is 0 Å². The van der Waals surface area contributed by atoms with Gasteiger partial charge in [0.05, 0.1) is 0 Å². The second-order valence-electron chi connectivity index (χ2n) is 7.75. The predicted octanol–water partition coefficient (Wildman–Crippen LogP) is 4.74. The zero-order chi connectivity index (χ0) is 11.6. The van der Waals surface area contributed by atoms with E-state index in [4.69, 9.17) is 0 Å². The van der Waals surface area contributed by atoms with Gasteiger partial charge in [-0.15, -0.1) is 0 Å². The van der Waals surface area contributed by atoms with Crippen molar-refractivity contribution in [2.24, 2.45) is 47.3 Å². The fourth-order valence-corrected chi connectivity index (χ4v) is 6.95. The SMILES string of the molecule is CC[C@@H]1[C@@H]2CC[C@@H](C2)[C@@H]1[C@@H]1[C@@H]2CC[C@H](C2)[C@@H]1C. The minimum Gasteiger partial charge on any atom is -0.0651 e. The number of hydrogen-bond donors (Lipinski definition) is 0. The second kappa shape index (κ2) is 3.75. The molecular formula is C17H28. The van der Waals surface area contributed by atoms with Crippen LogP contribution in [0.5, 0.6) is 0 Å². The van der Waals surface area contributed by atoms with E-state index in [1.165, 1.54) is 6.42 Å². The van der Waals surface area contributed by atoms with Crippen molar-refractivity contribution in [3.8, 4) is 0 Å². The third-order valence-corrected chi connectivity index (χ3v) is 7.48. The van der Waals surface area contributed by atoms with E-state index in [2.05, 4.69) is 13.8 Å². The van der Waals surface area contributed by atoms with Gasteiger partial charge in [0.2, 0.25) is 0 Å². The average Bonchev–Trinajstić information content (AvgIpc) is 3.07. The Morgan fingerprint density at radius 1 is 0.765 bits per heavy atom. The molecule has 0 nitrogen and oxygen atoms in total. The molecule has 96 valence electrons. The highest BCUT2D eigenvalue weighted by Crippen LogP contribution is 2.64. The summed E-state index contributed by atoms with van der Waals surface area (Å²) in [4.78, 5) is 0. The molecule has 4 bridgehead atoms. The molecule has 0 aromatic rings. The van der Waals surface area contributed by atoms with Crippen LogP contribution in [0.1, 0.15) is 58.8 Å². The average molecular weight is 232 g/mol. The molecule has 0 radical (unpaired) electrons. The van der Waals surface area contributed by atoms with Crippen LogP contribution in [0.4, 0.5) is 0 Å². The highest BCUT2D eigenvalue weighted by atomic mass is 14.6. The van der Waals surface area contributed by atoms with E-state index in [1.807, 2.05) is 0 Å². The van der Waals surface area contributed by atoms with E-state index in [-0.39, 0.29) is 0 Å². The summed E-state index contributed by atoms with van der Waals surface area (Å²) in [5.41, 5.74) is 0. The number of fused-ring (bicyclic) bond motifs is 4. The molecule has 0 saturated heterocycles. The van der Waals surface area contributed by atoms with E-state index in [0.29, 0.717) is 0 Å². The van der Waals surface area contributed by atoms with Crippen LogP contribution in [0.15, 0.2) is 0 Å². The van der Waals surface area contributed by atoms with Crippen molar-refractivity contribution in [3.63, 3.8) is 0 Å². The molecule has 4 saturated carbocycles. The quantitative estimate of drug-likeness (QED) is 0.645. The molecule has 0 spiro atoms. The van der Waals surface area contributed by atoms with Gasteiger partial charge in [-0.05, 0) is 85.9 Å². The van der Waals surface area contributed by atoms with Crippen LogP contribution in [-0.4, -0.2) is 0 Å². The Labute approximate surface area is 107 Å². The maximum atomic E-state index is 2.60. The molecule has 4 rings (SSSR count). The maximum absolute atomic E-state index is 2.60. The first-order chi connectivity index (χ1) is 8.29. The van der Waals surface area contributed by atoms with Crippen LogP contribution in [-0.2, 0) is 0 Å². The van der Waals surface area contributed by atoms with Gasteiger partial charge >= 0.3 is 0 Å². The first-order valence-corrected chi connectivity index (χ1v) is 8.29. The summed E-state index contributed by atoms with van der Waals surface area (Å²) >= 11 is 0. The molecule has 4 aliphatic rings. The van der Waals surface area contributed by atoms with Gasteiger partial charge in [-0.3, -0.25) is 0 Å². The zero-order valence-corrected chi connectivity index (χ0v) is 11.6. The summed E-state index contributed by atoms with van der Waals surface area (Å²) in [5, 5.41) is 0. The van der Waals surface area contributed by atoms with Crippen molar-refractivity contribution in [1.29, 1.82) is 0 Å². The van der Waals surface area contributed by atoms with Crippen LogP contribution >= 0.6 is 0 Å². The summed E-state index contributed by atoms with van der Waals surface area (Å²) in [7, 11) is 0. The Bertz CT molecular complexity index is 305. The smallest absolute Gasteiger partial charge is 0.0321 e. The lowest BCUT2D eigenvalue weighted by atomic mass is 9.63. The van der Waals surface area contributed by atoms with Gasteiger partial charge in [-0.25, -0.2) is 0 Å². The lowest BCUT2D eigenvalue weighted by Gasteiger charge is -2.41. The van der Waals surface area contributed by atoms with E-state index < -0.39 is 0 Å². The summed E-state index contributed by atoms with van der Waals surface area (Å²) in [6.45, 7) is 5.07. The molecule has 0 N–H and O–H groups in total. The molecule has 0 amide bonds. The molecule has 0 aromatic heterocycles. The second-order valence-corrected chi connectivity index (χ2v) is 7.75. The first-order valence-electron chi connectivity index (χ1n) is 8.29. The third-order valence-electron chi connectivity index (χ3n) is 7.48. The van der Waals surface area contributed by atoms with Crippen LogP contribution in [0.2, 0.25) is 0 Å². The molecule has 0 aromatic carbocycles. The Kier molecular flexibility index (Phi) is 2.40. The van der Waals surface area contributed by atoms with Gasteiger partial charge in [0.25, 0.3) is 0 Å². The van der Waals surface area contributed by atoms with Crippen LogP contribution < -0.4 is 0 Å². The fourth-order valence-electron chi connectivity index (χ4n) is 6.95. The maximum Gasteiger partial charge on any atom is -0.0321 e. The lowest BCUT2D eigenvalue weighted by molar-refractivity contribution is 0.0681. The predicted molar refractivity (Wildman–Crippen MR) is 71.6 cm³/mol. The largest absolute Gasteiger partial charge is 0.0651 e. The van der Waals surface area contributed by atoms with E-state index in [9.17, 15) is 0 Å². The van der Waals surface area contributed by atoms with Gasteiger partial charge in [-0.2, -0.15) is 0 Å². The summed E-state index contributed by atoms with van der Waals surface area (Å²) in [5.74, 6) is 9.07.